The van der Waals surface area contributed by atoms with Gasteiger partial charge in [-0.05, 0) is 56.2 Å². The van der Waals surface area contributed by atoms with Crippen LogP contribution in [0.5, 0.6) is 11.5 Å². The van der Waals surface area contributed by atoms with Gasteiger partial charge in [-0.1, -0.05) is 0 Å². The normalized spacial score (nSPS) is 17.3. The zero-order valence-corrected chi connectivity index (χ0v) is 15.3. The van der Waals surface area contributed by atoms with Gasteiger partial charge in [0.05, 0.1) is 19.9 Å². The van der Waals surface area contributed by atoms with Crippen molar-refractivity contribution in [3.8, 4) is 22.8 Å². The highest BCUT2D eigenvalue weighted by molar-refractivity contribution is 7.71. The maximum absolute atomic E-state index is 12.0. The van der Waals surface area contributed by atoms with Crippen molar-refractivity contribution >= 4 is 12.2 Å². The molecule has 0 amide bonds. The van der Waals surface area contributed by atoms with E-state index < -0.39 is 0 Å². The van der Waals surface area contributed by atoms with Gasteiger partial charge in [0.2, 0.25) is 0 Å². The van der Waals surface area contributed by atoms with Crippen molar-refractivity contribution in [3.05, 3.63) is 39.4 Å². The average Bonchev–Trinajstić information content (AvgIpc) is 2.64. The van der Waals surface area contributed by atoms with Crippen molar-refractivity contribution in [2.24, 2.45) is 5.92 Å². The number of aromatic nitrogens is 2. The molecule has 0 spiro atoms. The Morgan fingerprint density at radius 3 is 2.80 bits per heavy atom. The predicted octanol–water partition coefficient (Wildman–Crippen LogP) is 2.59. The first-order valence-corrected chi connectivity index (χ1v) is 8.80. The van der Waals surface area contributed by atoms with Crippen molar-refractivity contribution in [1.29, 1.82) is 0 Å². The summed E-state index contributed by atoms with van der Waals surface area (Å²) in [6.07, 6.45) is 2.30. The predicted molar refractivity (Wildman–Crippen MR) is 100 cm³/mol. The highest BCUT2D eigenvalue weighted by atomic mass is 32.1. The van der Waals surface area contributed by atoms with Crippen molar-refractivity contribution in [2.75, 3.05) is 27.3 Å². The van der Waals surface area contributed by atoms with Crippen LogP contribution < -0.4 is 20.3 Å². The van der Waals surface area contributed by atoms with E-state index in [1.807, 2.05) is 22.8 Å². The van der Waals surface area contributed by atoms with E-state index in [2.05, 4.69) is 10.3 Å². The van der Waals surface area contributed by atoms with Gasteiger partial charge in [-0.25, -0.2) is 0 Å². The van der Waals surface area contributed by atoms with E-state index in [1.54, 1.807) is 20.3 Å². The maximum atomic E-state index is 12.0. The Morgan fingerprint density at radius 1 is 1.28 bits per heavy atom. The van der Waals surface area contributed by atoms with Crippen LogP contribution in [0.1, 0.15) is 12.8 Å². The molecule has 134 valence electrons. The zero-order chi connectivity index (χ0) is 17.8. The third-order valence-corrected chi connectivity index (χ3v) is 4.88. The minimum absolute atomic E-state index is 0.212. The molecule has 3 rings (SSSR count). The first-order chi connectivity index (χ1) is 12.1. The number of aromatic amines is 1. The van der Waals surface area contributed by atoms with Crippen LogP contribution in [-0.4, -0.2) is 36.9 Å². The molecule has 1 aromatic carbocycles. The summed E-state index contributed by atoms with van der Waals surface area (Å²) >= 11 is 5.45. The molecule has 7 heteroatoms. The number of nitrogens with one attached hydrogen (secondary N) is 2. The summed E-state index contributed by atoms with van der Waals surface area (Å²) in [5.41, 5.74) is 1.37. The zero-order valence-electron chi connectivity index (χ0n) is 14.5. The summed E-state index contributed by atoms with van der Waals surface area (Å²) in [6, 6.07) is 7.15. The van der Waals surface area contributed by atoms with Crippen LogP contribution >= 0.6 is 12.2 Å². The summed E-state index contributed by atoms with van der Waals surface area (Å²) < 4.78 is 13.2. The standard InChI is InChI=1S/C18H23N3O3S/c1-23-13-5-6-14(16(8-13)24-2)15-9-17(22)20-18(25)21(15)11-12-4-3-7-19-10-12/h5-6,8-9,12,19H,3-4,7,10-11H2,1-2H3,(H,20,22,25)/t12-/m1/s1. The van der Waals surface area contributed by atoms with Gasteiger partial charge in [-0.3, -0.25) is 9.78 Å². The number of hydrogen-bond donors (Lipinski definition) is 2. The van der Waals surface area contributed by atoms with Crippen molar-refractivity contribution in [3.63, 3.8) is 0 Å². The number of hydrogen-bond acceptors (Lipinski definition) is 5. The van der Waals surface area contributed by atoms with E-state index in [1.165, 1.54) is 0 Å². The van der Waals surface area contributed by atoms with Crippen LogP contribution in [-0.2, 0) is 6.54 Å². The second kappa shape index (κ2) is 7.84. The van der Waals surface area contributed by atoms with E-state index in [0.29, 0.717) is 22.2 Å². The lowest BCUT2D eigenvalue weighted by Gasteiger charge is -2.25. The second-order valence-corrected chi connectivity index (χ2v) is 6.60. The Balaban J connectivity index is 2.09. The average molecular weight is 361 g/mol. The number of H-pyrrole nitrogens is 1. The highest BCUT2D eigenvalue weighted by Gasteiger charge is 2.18. The molecule has 2 aromatic rings. The number of rotatable bonds is 5. The molecule has 0 unspecified atom stereocenters. The Morgan fingerprint density at radius 2 is 2.12 bits per heavy atom. The van der Waals surface area contributed by atoms with Gasteiger partial charge < -0.3 is 19.4 Å². The van der Waals surface area contributed by atoms with Crippen LogP contribution in [0.3, 0.4) is 0 Å². The molecular weight excluding hydrogens is 338 g/mol. The van der Waals surface area contributed by atoms with Crippen molar-refractivity contribution in [2.45, 2.75) is 19.4 Å². The molecule has 1 aromatic heterocycles. The van der Waals surface area contributed by atoms with E-state index in [4.69, 9.17) is 21.7 Å². The van der Waals surface area contributed by atoms with E-state index in [9.17, 15) is 4.79 Å². The van der Waals surface area contributed by atoms with Crippen LogP contribution in [0.25, 0.3) is 11.3 Å². The number of ether oxygens (including phenoxy) is 2. The number of benzene rings is 1. The van der Waals surface area contributed by atoms with Gasteiger partial charge in [0.15, 0.2) is 4.77 Å². The lowest BCUT2D eigenvalue weighted by atomic mass is 9.99. The lowest BCUT2D eigenvalue weighted by molar-refractivity contribution is 0.335. The quantitative estimate of drug-likeness (QED) is 0.801. The summed E-state index contributed by atoms with van der Waals surface area (Å²) in [7, 11) is 3.22. The number of methoxy groups -OCH3 is 2. The molecule has 2 N–H and O–H groups in total. The van der Waals surface area contributed by atoms with Crippen LogP contribution in [0.4, 0.5) is 0 Å². The molecule has 0 radical (unpaired) electrons. The largest absolute Gasteiger partial charge is 0.497 e. The molecule has 2 heterocycles. The monoisotopic (exact) mass is 361 g/mol. The molecule has 1 aliphatic rings. The molecule has 0 saturated carbocycles. The summed E-state index contributed by atoms with van der Waals surface area (Å²) in [5.74, 6) is 1.83. The van der Waals surface area contributed by atoms with Crippen molar-refractivity contribution in [1.82, 2.24) is 14.9 Å². The Labute approximate surface area is 151 Å². The number of piperidine rings is 1. The van der Waals surface area contributed by atoms with Gasteiger partial charge in [0.1, 0.15) is 11.5 Å². The topological polar surface area (TPSA) is 68.3 Å². The SMILES string of the molecule is COc1ccc(-c2cc(=O)[nH]c(=S)n2C[C@@H]2CCCNC2)c(OC)c1. The maximum Gasteiger partial charge on any atom is 0.252 e. The van der Waals surface area contributed by atoms with Gasteiger partial charge in [-0.2, -0.15) is 0 Å². The molecule has 1 atom stereocenters. The highest BCUT2D eigenvalue weighted by Crippen LogP contribution is 2.33. The number of nitrogens with zero attached hydrogens (tertiary/aromatic N) is 1. The summed E-state index contributed by atoms with van der Waals surface area (Å²) in [5, 5.41) is 3.42. The van der Waals surface area contributed by atoms with Gasteiger partial charge >= 0.3 is 0 Å². The molecule has 1 fully saturated rings. The molecule has 1 aliphatic heterocycles. The molecule has 0 aliphatic carbocycles. The van der Waals surface area contributed by atoms with E-state index in [-0.39, 0.29) is 5.56 Å². The lowest BCUT2D eigenvalue weighted by Crippen LogP contribution is -2.33. The van der Waals surface area contributed by atoms with E-state index >= 15 is 0 Å². The fourth-order valence-corrected chi connectivity index (χ4v) is 3.55. The van der Waals surface area contributed by atoms with Gasteiger partial charge in [0.25, 0.3) is 5.56 Å². The minimum atomic E-state index is -0.212. The fourth-order valence-electron chi connectivity index (χ4n) is 3.27. The van der Waals surface area contributed by atoms with E-state index in [0.717, 1.165) is 43.7 Å². The first kappa shape index (κ1) is 17.7. The smallest absolute Gasteiger partial charge is 0.252 e. The van der Waals surface area contributed by atoms with Crippen LogP contribution in [0, 0.1) is 10.7 Å². The molecule has 25 heavy (non-hydrogen) atoms. The Kier molecular flexibility index (Phi) is 5.55. The van der Waals surface area contributed by atoms with Gasteiger partial charge in [-0.15, -0.1) is 0 Å². The summed E-state index contributed by atoms with van der Waals surface area (Å²) in [6.45, 7) is 2.78. The van der Waals surface area contributed by atoms with Crippen molar-refractivity contribution < 1.29 is 9.47 Å². The first-order valence-electron chi connectivity index (χ1n) is 8.39. The molecule has 6 nitrogen and oxygen atoms in total. The van der Waals surface area contributed by atoms with Gasteiger partial charge in [0, 0.05) is 24.2 Å². The van der Waals surface area contributed by atoms with Crippen LogP contribution in [0.15, 0.2) is 29.1 Å². The second-order valence-electron chi connectivity index (χ2n) is 6.21. The fraction of sp³-hybridized carbons (Fsp3) is 0.444. The third-order valence-electron chi connectivity index (χ3n) is 4.56. The molecule has 0 bridgehead atoms. The molecular formula is C18H23N3O3S. The Hall–Kier alpha value is -2.12. The van der Waals surface area contributed by atoms with Crippen LogP contribution in [0.2, 0.25) is 0 Å². The minimum Gasteiger partial charge on any atom is -0.497 e. The summed E-state index contributed by atoms with van der Waals surface area (Å²) in [4.78, 5) is 14.8. The Bertz CT molecular complexity index is 853. The molecule has 1 saturated heterocycles. The third kappa shape index (κ3) is 3.93.